The topological polar surface area (TPSA) is 90.9 Å². The molecular formula is C21H30O9. The lowest BCUT2D eigenvalue weighted by molar-refractivity contribution is -0.433. The largest absolute Gasteiger partial charge is 0.457 e. The molecule has 0 N–H and O–H groups in total. The van der Waals surface area contributed by atoms with Crippen molar-refractivity contribution >= 4 is 5.97 Å². The van der Waals surface area contributed by atoms with Crippen LogP contribution in [-0.2, 0) is 42.7 Å². The molecule has 0 aromatic carbocycles. The van der Waals surface area contributed by atoms with E-state index in [4.69, 9.17) is 37.9 Å². The molecule has 8 unspecified atom stereocenters. The molecule has 12 atom stereocenters. The lowest BCUT2D eigenvalue weighted by Gasteiger charge is -2.59. The molecule has 30 heavy (non-hydrogen) atoms. The van der Waals surface area contributed by atoms with E-state index in [0.29, 0.717) is 13.2 Å². The average molecular weight is 426 g/mol. The van der Waals surface area contributed by atoms with Crippen LogP contribution >= 0.6 is 0 Å². The van der Waals surface area contributed by atoms with E-state index in [1.165, 1.54) is 6.92 Å². The number of carbonyl (C=O) groups excluding carboxylic acids is 1. The summed E-state index contributed by atoms with van der Waals surface area (Å²) in [6, 6.07) is 0. The van der Waals surface area contributed by atoms with Gasteiger partial charge in [-0.25, -0.2) is 0 Å². The fourth-order valence-electron chi connectivity index (χ4n) is 6.60. The number of hydrogen-bond donors (Lipinski definition) is 0. The summed E-state index contributed by atoms with van der Waals surface area (Å²) in [5.41, 5.74) is 0. The SMILES string of the molecule is COC12O[C@@H](O[C@@H]3C4CO[C@@H]5OC4C3C5C)C(OC(C)=O)C1[C@@H]1OC(C)(C)OCC12. The van der Waals surface area contributed by atoms with Gasteiger partial charge in [0, 0.05) is 31.8 Å². The summed E-state index contributed by atoms with van der Waals surface area (Å²) in [6.45, 7) is 8.35. The minimum atomic E-state index is -0.957. The van der Waals surface area contributed by atoms with Crippen LogP contribution in [0.2, 0.25) is 0 Å². The molecule has 6 aliphatic rings. The van der Waals surface area contributed by atoms with E-state index < -0.39 is 24.0 Å². The lowest BCUT2D eigenvalue weighted by atomic mass is 9.63. The zero-order valence-electron chi connectivity index (χ0n) is 17.9. The number of hydrogen-bond acceptors (Lipinski definition) is 9. The zero-order valence-corrected chi connectivity index (χ0v) is 17.9. The van der Waals surface area contributed by atoms with Crippen LogP contribution in [0.5, 0.6) is 0 Å². The van der Waals surface area contributed by atoms with Crippen molar-refractivity contribution in [3.8, 4) is 0 Å². The van der Waals surface area contributed by atoms with E-state index in [2.05, 4.69) is 6.92 Å². The van der Waals surface area contributed by atoms with Gasteiger partial charge in [0.05, 0.1) is 43.4 Å². The van der Waals surface area contributed by atoms with Gasteiger partial charge in [-0.1, -0.05) is 6.92 Å². The van der Waals surface area contributed by atoms with Crippen molar-refractivity contribution in [1.82, 2.24) is 0 Å². The number of carbonyl (C=O) groups is 1. The maximum atomic E-state index is 12.0. The Balaban J connectivity index is 1.27. The summed E-state index contributed by atoms with van der Waals surface area (Å²) in [5, 5.41) is 0. The van der Waals surface area contributed by atoms with Gasteiger partial charge < -0.3 is 37.9 Å². The highest BCUT2D eigenvalue weighted by atomic mass is 16.8. The van der Waals surface area contributed by atoms with Crippen molar-refractivity contribution in [3.63, 3.8) is 0 Å². The average Bonchev–Trinajstić information content (AvgIpc) is 2.97. The highest BCUT2D eigenvalue weighted by Gasteiger charge is 2.77. The van der Waals surface area contributed by atoms with Gasteiger partial charge in [0.15, 0.2) is 30.3 Å². The third kappa shape index (κ3) is 2.45. The minimum Gasteiger partial charge on any atom is -0.457 e. The second-order valence-electron chi connectivity index (χ2n) is 9.91. The Morgan fingerprint density at radius 2 is 1.90 bits per heavy atom. The van der Waals surface area contributed by atoms with Crippen LogP contribution in [0.25, 0.3) is 0 Å². The van der Waals surface area contributed by atoms with E-state index >= 15 is 0 Å². The molecule has 168 valence electrons. The van der Waals surface area contributed by atoms with Crippen molar-refractivity contribution in [2.24, 2.45) is 29.6 Å². The standard InChI is InChI=1S/C21H30O9/c1-8-12-14-10(6-24-18(8)27-14)15(12)28-19-17(26-9(2)22)13-16-11(21(13,23-5)30-19)7-25-20(3,4)29-16/h8,10-19H,6-7H2,1-5H3/t8?,10?,11?,12?,13?,14?,15-,16-,17?,18-,19-,21?/m1/s1. The lowest BCUT2D eigenvalue weighted by Crippen LogP contribution is -2.73. The first-order valence-corrected chi connectivity index (χ1v) is 10.9. The van der Waals surface area contributed by atoms with Crippen molar-refractivity contribution in [2.45, 2.75) is 76.3 Å². The Labute approximate surface area is 175 Å². The Hall–Kier alpha value is -0.810. The van der Waals surface area contributed by atoms with Gasteiger partial charge in [-0.05, 0) is 13.8 Å². The second-order valence-corrected chi connectivity index (χ2v) is 9.91. The van der Waals surface area contributed by atoms with E-state index in [9.17, 15) is 4.79 Å². The fraction of sp³-hybridized carbons (Fsp3) is 0.952. The van der Waals surface area contributed by atoms with Crippen molar-refractivity contribution in [3.05, 3.63) is 0 Å². The van der Waals surface area contributed by atoms with Crippen molar-refractivity contribution < 1.29 is 42.7 Å². The van der Waals surface area contributed by atoms with Crippen LogP contribution in [0.3, 0.4) is 0 Å². The maximum absolute atomic E-state index is 12.0. The Kier molecular flexibility index (Phi) is 4.21. The predicted octanol–water partition coefficient (Wildman–Crippen LogP) is 1.04. The molecule has 9 heteroatoms. The second kappa shape index (κ2) is 6.37. The molecule has 0 spiro atoms. The molecular weight excluding hydrogens is 396 g/mol. The molecule has 4 heterocycles. The molecule has 9 nitrogen and oxygen atoms in total. The molecule has 4 saturated heterocycles. The Morgan fingerprint density at radius 1 is 1.10 bits per heavy atom. The first kappa shape index (κ1) is 19.8. The van der Waals surface area contributed by atoms with Crippen molar-refractivity contribution in [2.75, 3.05) is 20.3 Å². The highest BCUT2D eigenvalue weighted by molar-refractivity contribution is 5.66. The zero-order chi connectivity index (χ0) is 21.0. The molecule has 0 aromatic heterocycles. The smallest absolute Gasteiger partial charge is 0.303 e. The molecule has 4 aliphatic heterocycles. The van der Waals surface area contributed by atoms with Gasteiger partial charge in [0.25, 0.3) is 0 Å². The first-order chi connectivity index (χ1) is 14.3. The number of ether oxygens (including phenoxy) is 8. The van der Waals surface area contributed by atoms with Gasteiger partial charge in [0.2, 0.25) is 0 Å². The summed E-state index contributed by atoms with van der Waals surface area (Å²) in [6.07, 6.45) is -1.61. The summed E-state index contributed by atoms with van der Waals surface area (Å²) in [7, 11) is 1.61. The van der Waals surface area contributed by atoms with Gasteiger partial charge >= 0.3 is 5.97 Å². The molecule has 2 saturated carbocycles. The monoisotopic (exact) mass is 426 g/mol. The normalized spacial score (nSPS) is 57.0. The molecule has 0 radical (unpaired) electrons. The van der Waals surface area contributed by atoms with Crippen LogP contribution in [0.1, 0.15) is 27.7 Å². The van der Waals surface area contributed by atoms with Gasteiger partial charge in [-0.2, -0.15) is 0 Å². The molecule has 0 amide bonds. The van der Waals surface area contributed by atoms with Gasteiger partial charge in [0.1, 0.15) is 0 Å². The summed E-state index contributed by atoms with van der Waals surface area (Å²) in [5.74, 6) is -1.79. The van der Waals surface area contributed by atoms with Crippen LogP contribution in [0, 0.1) is 29.6 Å². The van der Waals surface area contributed by atoms with E-state index in [0.717, 1.165) is 0 Å². The summed E-state index contributed by atoms with van der Waals surface area (Å²) in [4.78, 5) is 12.0. The third-order valence-electron chi connectivity index (χ3n) is 7.98. The molecule has 2 aliphatic carbocycles. The van der Waals surface area contributed by atoms with Crippen LogP contribution in [-0.4, -0.2) is 74.9 Å². The van der Waals surface area contributed by atoms with Crippen LogP contribution in [0.4, 0.5) is 0 Å². The summed E-state index contributed by atoms with van der Waals surface area (Å²) < 4.78 is 48.3. The van der Waals surface area contributed by atoms with Gasteiger partial charge in [-0.15, -0.1) is 0 Å². The van der Waals surface area contributed by atoms with Gasteiger partial charge in [-0.3, -0.25) is 4.79 Å². The number of esters is 1. The van der Waals surface area contributed by atoms with Crippen LogP contribution in [0.15, 0.2) is 0 Å². The van der Waals surface area contributed by atoms with E-state index in [1.807, 2.05) is 13.8 Å². The molecule has 6 fully saturated rings. The predicted molar refractivity (Wildman–Crippen MR) is 97.7 cm³/mol. The highest BCUT2D eigenvalue weighted by Crippen LogP contribution is 2.61. The number of methoxy groups -OCH3 is 1. The van der Waals surface area contributed by atoms with Crippen LogP contribution < -0.4 is 0 Å². The quantitative estimate of drug-likeness (QED) is 0.612. The molecule has 6 rings (SSSR count). The van der Waals surface area contributed by atoms with Crippen molar-refractivity contribution in [1.29, 1.82) is 0 Å². The Morgan fingerprint density at radius 3 is 2.63 bits per heavy atom. The maximum Gasteiger partial charge on any atom is 0.303 e. The third-order valence-corrected chi connectivity index (χ3v) is 7.98. The number of fused-ring (bicyclic) bond motifs is 5. The molecule has 2 bridgehead atoms. The minimum absolute atomic E-state index is 0.0670. The van der Waals surface area contributed by atoms with E-state index in [1.54, 1.807) is 7.11 Å². The fourth-order valence-corrected chi connectivity index (χ4v) is 6.60. The summed E-state index contributed by atoms with van der Waals surface area (Å²) >= 11 is 0. The molecule has 0 aromatic rings. The first-order valence-electron chi connectivity index (χ1n) is 10.9. The Bertz CT molecular complexity index is 740. The number of rotatable bonds is 4. The van der Waals surface area contributed by atoms with E-state index in [-0.39, 0.29) is 60.2 Å².